The summed E-state index contributed by atoms with van der Waals surface area (Å²) in [5.41, 5.74) is -0.757. The first kappa shape index (κ1) is 7.18. The van der Waals surface area contributed by atoms with Crippen molar-refractivity contribution in [1.29, 1.82) is 0 Å². The lowest BCUT2D eigenvalue weighted by Crippen LogP contribution is -2.14. The van der Waals surface area contributed by atoms with Crippen LogP contribution < -0.4 is 0 Å². The van der Waals surface area contributed by atoms with Gasteiger partial charge >= 0.3 is 5.97 Å². The van der Waals surface area contributed by atoms with E-state index in [2.05, 4.69) is 0 Å². The Balaban J connectivity index is 2.39. The van der Waals surface area contributed by atoms with Gasteiger partial charge in [-0.1, -0.05) is 11.8 Å². The van der Waals surface area contributed by atoms with Crippen LogP contribution in [0.3, 0.4) is 0 Å². The van der Waals surface area contributed by atoms with Gasteiger partial charge in [-0.3, -0.25) is 0 Å². The average molecular weight is 169 g/mol. The Morgan fingerprint density at radius 3 is 2.78 bits per heavy atom. The van der Waals surface area contributed by atoms with Crippen molar-refractivity contribution in [2.75, 3.05) is 6.61 Å². The second kappa shape index (κ2) is 2.77. The summed E-state index contributed by atoms with van der Waals surface area (Å²) in [6, 6.07) is 0. The lowest BCUT2D eigenvalue weighted by atomic mass is 10.7. The van der Waals surface area contributed by atoms with E-state index < -0.39 is 11.4 Å². The first-order chi connectivity index (χ1) is 4.20. The van der Waals surface area contributed by atoms with Crippen LogP contribution in [-0.4, -0.2) is 27.8 Å². The summed E-state index contributed by atoms with van der Waals surface area (Å²) < 4.78 is 4.56. The Hall–Kier alpha value is 0.0700. The second-order valence-electron chi connectivity index (χ2n) is 1.55. The molecule has 0 saturated carbocycles. The Morgan fingerprint density at radius 2 is 2.56 bits per heavy atom. The number of alkyl halides is 1. The van der Waals surface area contributed by atoms with E-state index in [-0.39, 0.29) is 4.71 Å². The third kappa shape index (κ3) is 1.74. The molecule has 52 valence electrons. The number of carboxylic acids is 1. The van der Waals surface area contributed by atoms with Crippen LogP contribution in [0.5, 0.6) is 0 Å². The molecule has 1 N–H and O–H groups in total. The minimum absolute atomic E-state index is 0.203. The Kier molecular flexibility index (Phi) is 2.21. The summed E-state index contributed by atoms with van der Waals surface area (Å²) in [5, 5.41) is 8.33. The van der Waals surface area contributed by atoms with Crippen LogP contribution in [0.4, 0.5) is 0 Å². The highest BCUT2D eigenvalue weighted by molar-refractivity contribution is 8.02. The molecule has 1 aliphatic heterocycles. The van der Waals surface area contributed by atoms with Gasteiger partial charge < -0.3 is 9.84 Å². The topological polar surface area (TPSA) is 46.5 Å². The molecule has 0 spiro atoms. The number of ether oxygens (including phenoxy) is 1. The molecule has 1 saturated heterocycles. The number of thioether (sulfide) groups is 1. The van der Waals surface area contributed by atoms with Crippen LogP contribution in [0.15, 0.2) is 0 Å². The largest absolute Gasteiger partial charge is 0.479 e. The van der Waals surface area contributed by atoms with Crippen LogP contribution >= 0.6 is 23.4 Å². The van der Waals surface area contributed by atoms with Crippen LogP contribution in [0.1, 0.15) is 0 Å². The van der Waals surface area contributed by atoms with Crippen LogP contribution in [0.2, 0.25) is 0 Å². The van der Waals surface area contributed by atoms with Gasteiger partial charge in [0.1, 0.15) is 4.71 Å². The quantitative estimate of drug-likeness (QED) is 0.587. The van der Waals surface area contributed by atoms with Gasteiger partial charge in [-0.2, -0.15) is 0 Å². The van der Waals surface area contributed by atoms with Gasteiger partial charge in [-0.05, 0) is 0 Å². The second-order valence-corrected chi connectivity index (χ2v) is 3.60. The van der Waals surface area contributed by atoms with E-state index in [9.17, 15) is 4.79 Å². The van der Waals surface area contributed by atoms with Gasteiger partial charge in [-0.15, -0.1) is 11.6 Å². The van der Waals surface area contributed by atoms with Crippen molar-refractivity contribution in [3.8, 4) is 0 Å². The fourth-order valence-electron chi connectivity index (χ4n) is 0.505. The van der Waals surface area contributed by atoms with Crippen molar-refractivity contribution >= 4 is 29.3 Å². The van der Waals surface area contributed by atoms with E-state index in [1.807, 2.05) is 0 Å². The molecule has 0 radical (unpaired) electrons. The molecule has 0 aromatic rings. The van der Waals surface area contributed by atoms with E-state index in [1.165, 1.54) is 0 Å². The van der Waals surface area contributed by atoms with Crippen molar-refractivity contribution in [3.63, 3.8) is 0 Å². The molecule has 0 bridgehead atoms. The number of halogens is 1. The van der Waals surface area contributed by atoms with E-state index in [1.54, 1.807) is 0 Å². The van der Waals surface area contributed by atoms with E-state index in [0.717, 1.165) is 11.8 Å². The monoisotopic (exact) mass is 168 g/mol. The number of hydrogen-bond donors (Lipinski definition) is 1. The molecule has 1 fully saturated rings. The summed E-state index contributed by atoms with van der Waals surface area (Å²) in [7, 11) is 0. The fourth-order valence-corrected chi connectivity index (χ4v) is 1.56. The standard InChI is InChI=1S/C4H5ClO3S/c5-2-1-8-4(9-2)3(6)7/h2,4H,1H2,(H,6,7)/t2-,4+/m0/s1. The van der Waals surface area contributed by atoms with Gasteiger partial charge in [0, 0.05) is 0 Å². The maximum Gasteiger partial charge on any atom is 0.343 e. The highest BCUT2D eigenvalue weighted by Gasteiger charge is 2.29. The molecule has 1 rings (SSSR count). The Morgan fingerprint density at radius 1 is 1.89 bits per heavy atom. The number of rotatable bonds is 1. The average Bonchev–Trinajstić information content (AvgIpc) is 2.14. The van der Waals surface area contributed by atoms with Gasteiger partial charge in [0.2, 0.25) is 5.44 Å². The molecule has 1 aliphatic rings. The highest BCUT2D eigenvalue weighted by atomic mass is 35.5. The molecule has 0 aromatic heterocycles. The first-order valence-corrected chi connectivity index (χ1v) is 3.72. The summed E-state index contributed by atoms with van der Waals surface area (Å²) in [4.78, 5) is 10.1. The van der Waals surface area contributed by atoms with Gasteiger partial charge in [-0.25, -0.2) is 4.79 Å². The summed E-state index contributed by atoms with van der Waals surface area (Å²) in [6.07, 6.45) is 0. The fraction of sp³-hybridized carbons (Fsp3) is 0.750. The van der Waals surface area contributed by atoms with E-state index in [4.69, 9.17) is 21.4 Å². The molecular weight excluding hydrogens is 164 g/mol. The summed E-state index contributed by atoms with van der Waals surface area (Å²) in [6.45, 7) is 0.323. The molecule has 0 aliphatic carbocycles. The van der Waals surface area contributed by atoms with Crippen molar-refractivity contribution in [2.24, 2.45) is 0 Å². The van der Waals surface area contributed by atoms with Crippen molar-refractivity contribution in [2.45, 2.75) is 10.1 Å². The zero-order chi connectivity index (χ0) is 6.85. The maximum absolute atomic E-state index is 10.1. The summed E-state index contributed by atoms with van der Waals surface area (Å²) >= 11 is 6.64. The minimum Gasteiger partial charge on any atom is -0.479 e. The zero-order valence-corrected chi connectivity index (χ0v) is 5.98. The molecule has 0 amide bonds. The SMILES string of the molecule is O=C(O)[C@@H]1OC[C@@H](Cl)S1. The molecular formula is C4H5ClO3S. The Labute approximate surface area is 61.3 Å². The lowest BCUT2D eigenvalue weighted by Gasteiger charge is -1.98. The van der Waals surface area contributed by atoms with Crippen molar-refractivity contribution < 1.29 is 14.6 Å². The van der Waals surface area contributed by atoms with Gasteiger partial charge in [0.25, 0.3) is 0 Å². The predicted molar refractivity (Wildman–Crippen MR) is 34.6 cm³/mol. The van der Waals surface area contributed by atoms with E-state index >= 15 is 0 Å². The Bertz CT molecular complexity index is 129. The molecule has 0 unspecified atom stereocenters. The zero-order valence-electron chi connectivity index (χ0n) is 4.41. The third-order valence-electron chi connectivity index (χ3n) is 0.852. The van der Waals surface area contributed by atoms with Gasteiger partial charge in [0.05, 0.1) is 6.61 Å². The number of carboxylic acid groups (broad SMARTS) is 1. The first-order valence-electron chi connectivity index (χ1n) is 2.34. The molecule has 5 heteroatoms. The number of hydrogen-bond acceptors (Lipinski definition) is 3. The summed E-state index contributed by atoms with van der Waals surface area (Å²) in [5.74, 6) is -0.955. The number of carbonyl (C=O) groups is 1. The number of aliphatic carboxylic acids is 1. The van der Waals surface area contributed by atoms with Crippen molar-refractivity contribution in [3.05, 3.63) is 0 Å². The lowest BCUT2D eigenvalue weighted by molar-refractivity contribution is -0.143. The van der Waals surface area contributed by atoms with Crippen molar-refractivity contribution in [1.82, 2.24) is 0 Å². The van der Waals surface area contributed by atoms with Crippen LogP contribution in [-0.2, 0) is 9.53 Å². The maximum atomic E-state index is 10.1. The predicted octanol–water partition coefficient (Wildman–Crippen LogP) is 0.725. The highest BCUT2D eigenvalue weighted by Crippen LogP contribution is 2.29. The van der Waals surface area contributed by atoms with Crippen LogP contribution in [0, 0.1) is 0 Å². The van der Waals surface area contributed by atoms with Crippen LogP contribution in [0.25, 0.3) is 0 Å². The molecule has 3 nitrogen and oxygen atoms in total. The van der Waals surface area contributed by atoms with Gasteiger partial charge in [0.15, 0.2) is 0 Å². The molecule has 1 heterocycles. The minimum atomic E-state index is -0.955. The smallest absolute Gasteiger partial charge is 0.343 e. The third-order valence-corrected chi connectivity index (χ3v) is 2.30. The normalized spacial score (nSPS) is 34.8. The molecule has 0 aromatic carbocycles. The molecule has 2 atom stereocenters. The van der Waals surface area contributed by atoms with E-state index in [0.29, 0.717) is 6.61 Å². The molecule has 9 heavy (non-hydrogen) atoms.